The summed E-state index contributed by atoms with van der Waals surface area (Å²) >= 11 is 0. The molecule has 0 unspecified atom stereocenters. The Morgan fingerprint density at radius 3 is 2.24 bits per heavy atom. The van der Waals surface area contributed by atoms with Gasteiger partial charge in [0.15, 0.2) is 17.1 Å². The summed E-state index contributed by atoms with van der Waals surface area (Å²) in [5.74, 6) is -10.1. The van der Waals surface area contributed by atoms with Crippen molar-refractivity contribution < 1.29 is 49.8 Å². The lowest BCUT2D eigenvalue weighted by atomic mass is 9.59. The Labute approximate surface area is 186 Å². The number of aliphatic carboxylic acids is 1. The second-order valence-corrected chi connectivity index (χ2v) is 8.69. The SMILES string of the molecule is CN(C)c1cc(C(=O)O)c(O)c2c1C[C@H]1C[C@H]3CC(=O)C(C(=O)O)=C(O)[C@@]3(O)C(=O)C1=C2O. The molecule has 0 aliphatic heterocycles. The summed E-state index contributed by atoms with van der Waals surface area (Å²) in [4.78, 5) is 50.3. The van der Waals surface area contributed by atoms with Gasteiger partial charge in [-0.2, -0.15) is 0 Å². The van der Waals surface area contributed by atoms with Crippen molar-refractivity contribution in [2.45, 2.75) is 24.9 Å². The van der Waals surface area contributed by atoms with Gasteiger partial charge in [0.1, 0.15) is 22.6 Å². The van der Waals surface area contributed by atoms with Crippen molar-refractivity contribution in [3.63, 3.8) is 0 Å². The van der Waals surface area contributed by atoms with Gasteiger partial charge >= 0.3 is 11.9 Å². The number of carboxylic acid groups (broad SMARTS) is 2. The summed E-state index contributed by atoms with van der Waals surface area (Å²) in [6.45, 7) is 0. The van der Waals surface area contributed by atoms with Crippen molar-refractivity contribution >= 4 is 35.0 Å². The summed E-state index contributed by atoms with van der Waals surface area (Å²) in [5, 5.41) is 62.0. The maximum Gasteiger partial charge on any atom is 0.342 e. The third kappa shape index (κ3) is 2.85. The first-order valence-corrected chi connectivity index (χ1v) is 10.0. The van der Waals surface area contributed by atoms with Gasteiger partial charge in [-0.15, -0.1) is 0 Å². The van der Waals surface area contributed by atoms with E-state index in [0.717, 1.165) is 0 Å². The van der Waals surface area contributed by atoms with Crippen molar-refractivity contribution in [3.8, 4) is 5.75 Å². The predicted molar refractivity (Wildman–Crippen MR) is 111 cm³/mol. The van der Waals surface area contributed by atoms with Gasteiger partial charge in [0.2, 0.25) is 5.78 Å². The van der Waals surface area contributed by atoms with Crippen LogP contribution >= 0.6 is 0 Å². The molecule has 33 heavy (non-hydrogen) atoms. The predicted octanol–water partition coefficient (Wildman–Crippen LogP) is 0.787. The lowest BCUT2D eigenvalue weighted by molar-refractivity contribution is -0.149. The third-order valence-electron chi connectivity index (χ3n) is 6.72. The van der Waals surface area contributed by atoms with Crippen LogP contribution in [-0.4, -0.2) is 73.8 Å². The highest BCUT2D eigenvalue weighted by Gasteiger charge is 2.60. The summed E-state index contributed by atoms with van der Waals surface area (Å²) in [5.41, 5.74) is -4.24. The van der Waals surface area contributed by atoms with Crippen molar-refractivity contribution in [2.75, 3.05) is 19.0 Å². The number of Topliss-reactive ketones (excluding diaryl/α,β-unsaturated/α-hetero) is 2. The lowest BCUT2D eigenvalue weighted by Crippen LogP contribution is -2.58. The van der Waals surface area contributed by atoms with Gasteiger partial charge in [-0.1, -0.05) is 0 Å². The average Bonchev–Trinajstić information content (AvgIpc) is 2.70. The van der Waals surface area contributed by atoms with E-state index in [2.05, 4.69) is 0 Å². The Morgan fingerprint density at radius 1 is 1.06 bits per heavy atom. The van der Waals surface area contributed by atoms with Crippen LogP contribution in [0, 0.1) is 11.8 Å². The minimum atomic E-state index is -2.75. The van der Waals surface area contributed by atoms with E-state index in [0.29, 0.717) is 11.3 Å². The number of aliphatic hydroxyl groups excluding tert-OH is 2. The number of nitrogens with zero attached hydrogens (tertiary/aromatic N) is 1. The Balaban J connectivity index is 1.99. The van der Waals surface area contributed by atoms with Crippen LogP contribution in [0.15, 0.2) is 23.0 Å². The number of ketones is 2. The van der Waals surface area contributed by atoms with Gasteiger partial charge in [0.05, 0.1) is 5.56 Å². The molecule has 1 saturated carbocycles. The van der Waals surface area contributed by atoms with Crippen LogP contribution in [-0.2, 0) is 20.8 Å². The number of anilines is 1. The molecule has 3 aliphatic rings. The first-order chi connectivity index (χ1) is 15.3. The third-order valence-corrected chi connectivity index (χ3v) is 6.72. The van der Waals surface area contributed by atoms with Gasteiger partial charge < -0.3 is 35.5 Å². The molecule has 0 heterocycles. The Bertz CT molecular complexity index is 1220. The van der Waals surface area contributed by atoms with E-state index in [9.17, 15) is 49.8 Å². The molecule has 0 bridgehead atoms. The smallest absolute Gasteiger partial charge is 0.342 e. The fourth-order valence-corrected chi connectivity index (χ4v) is 5.20. The van der Waals surface area contributed by atoms with Crippen molar-refractivity contribution in [1.29, 1.82) is 0 Å². The van der Waals surface area contributed by atoms with Gasteiger partial charge in [-0.25, -0.2) is 9.59 Å². The molecular weight excluding hydrogens is 438 g/mol. The van der Waals surface area contributed by atoms with E-state index < -0.39 is 75.8 Å². The molecule has 1 aromatic rings. The lowest BCUT2D eigenvalue weighted by Gasteiger charge is -2.46. The number of hydrogen-bond donors (Lipinski definition) is 6. The zero-order chi connectivity index (χ0) is 24.6. The number of benzene rings is 1. The van der Waals surface area contributed by atoms with Crippen molar-refractivity contribution in [2.24, 2.45) is 11.8 Å². The number of carbonyl (C=O) groups is 4. The zero-order valence-corrected chi connectivity index (χ0v) is 17.6. The molecule has 0 saturated heterocycles. The summed E-state index contributed by atoms with van der Waals surface area (Å²) in [7, 11) is 3.27. The summed E-state index contributed by atoms with van der Waals surface area (Å²) in [6.07, 6.45) is -0.467. The quantitative estimate of drug-likeness (QED) is 0.350. The van der Waals surface area contributed by atoms with Gasteiger partial charge in [0.25, 0.3) is 0 Å². The van der Waals surface area contributed by atoms with Crippen molar-refractivity contribution in [3.05, 3.63) is 39.7 Å². The molecule has 0 aromatic heterocycles. The molecule has 11 nitrogen and oxygen atoms in total. The molecule has 6 N–H and O–H groups in total. The minimum Gasteiger partial charge on any atom is -0.508 e. The van der Waals surface area contributed by atoms with E-state index >= 15 is 0 Å². The van der Waals surface area contributed by atoms with E-state index in [1.165, 1.54) is 6.07 Å². The second-order valence-electron chi connectivity index (χ2n) is 8.69. The van der Waals surface area contributed by atoms with Crippen LogP contribution in [0.1, 0.15) is 34.3 Å². The van der Waals surface area contributed by atoms with Crippen LogP contribution < -0.4 is 4.90 Å². The number of aliphatic hydroxyl groups is 3. The Morgan fingerprint density at radius 2 is 1.70 bits per heavy atom. The van der Waals surface area contributed by atoms with Crippen LogP contribution in [0.5, 0.6) is 5.75 Å². The van der Waals surface area contributed by atoms with Gasteiger partial charge in [0, 0.05) is 37.7 Å². The number of aromatic carboxylic acids is 1. The highest BCUT2D eigenvalue weighted by molar-refractivity contribution is 6.21. The average molecular weight is 459 g/mol. The standard InChI is InChI=1S/C22H21NO10/c1-23(2)11-6-10(20(29)30)16(25)14-9(11)4-7-3-8-5-12(24)15(21(31)32)19(28)22(8,33)18(27)13(7)17(14)26/h6-8,25-26,28,33H,3-5H2,1-2H3,(H,29,30)(H,31,32)/t7-,8+,22+/m1/s1. The molecule has 3 atom stereocenters. The number of phenols is 1. The van der Waals surface area contributed by atoms with Crippen LogP contribution in [0.25, 0.3) is 5.76 Å². The topological polar surface area (TPSA) is 193 Å². The van der Waals surface area contributed by atoms with E-state index in [1.807, 2.05) is 0 Å². The molecule has 1 aromatic carbocycles. The summed E-state index contributed by atoms with van der Waals surface area (Å²) < 4.78 is 0. The number of rotatable bonds is 3. The van der Waals surface area contributed by atoms with Gasteiger partial charge in [-0.3, -0.25) is 9.59 Å². The highest BCUT2D eigenvalue weighted by Crippen LogP contribution is 2.53. The number of aromatic hydroxyl groups is 1. The fraction of sp³-hybridized carbons (Fsp3) is 0.364. The Kier molecular flexibility index (Phi) is 4.79. The summed E-state index contributed by atoms with van der Waals surface area (Å²) in [6, 6.07) is 1.24. The molecule has 0 spiro atoms. The molecule has 3 aliphatic carbocycles. The maximum absolute atomic E-state index is 13.4. The van der Waals surface area contributed by atoms with E-state index in [-0.39, 0.29) is 24.0 Å². The largest absolute Gasteiger partial charge is 0.508 e. The fourth-order valence-electron chi connectivity index (χ4n) is 5.20. The second kappa shape index (κ2) is 7.07. The number of carboxylic acids is 2. The maximum atomic E-state index is 13.4. The number of carbonyl (C=O) groups excluding carboxylic acids is 2. The van der Waals surface area contributed by atoms with Crippen LogP contribution in [0.2, 0.25) is 0 Å². The molecule has 4 rings (SSSR count). The minimum absolute atomic E-state index is 0.0436. The molecule has 0 amide bonds. The molecular formula is C22H21NO10. The van der Waals surface area contributed by atoms with Gasteiger partial charge in [-0.05, 0) is 30.4 Å². The molecule has 174 valence electrons. The van der Waals surface area contributed by atoms with E-state index in [4.69, 9.17) is 0 Å². The first-order valence-electron chi connectivity index (χ1n) is 10.0. The van der Waals surface area contributed by atoms with Crippen LogP contribution in [0.4, 0.5) is 5.69 Å². The van der Waals surface area contributed by atoms with E-state index in [1.54, 1.807) is 19.0 Å². The molecule has 1 fully saturated rings. The zero-order valence-electron chi connectivity index (χ0n) is 17.6. The van der Waals surface area contributed by atoms with Crippen molar-refractivity contribution in [1.82, 2.24) is 0 Å². The number of fused-ring (bicyclic) bond motifs is 3. The van der Waals surface area contributed by atoms with Crippen LogP contribution in [0.3, 0.4) is 0 Å². The molecule has 0 radical (unpaired) electrons. The first kappa shape index (κ1) is 22.3. The monoisotopic (exact) mass is 459 g/mol. The highest BCUT2D eigenvalue weighted by atomic mass is 16.4. The number of hydrogen-bond acceptors (Lipinski definition) is 9. The molecule has 11 heteroatoms. The Hall–Kier alpha value is -3.86. The normalized spacial score (nSPS) is 26.5.